The normalized spacial score (nSPS) is 10.3. The third-order valence-corrected chi connectivity index (χ3v) is 4.46. The van der Waals surface area contributed by atoms with Crippen molar-refractivity contribution in [2.45, 2.75) is 0 Å². The van der Waals surface area contributed by atoms with Gasteiger partial charge < -0.3 is 15.8 Å². The van der Waals surface area contributed by atoms with E-state index in [2.05, 4.69) is 11.9 Å². The summed E-state index contributed by atoms with van der Waals surface area (Å²) in [5.41, 5.74) is 6.70. The van der Waals surface area contributed by atoms with E-state index in [-0.39, 0.29) is 11.7 Å². The number of methoxy groups -OCH3 is 1. The molecular formula is C14H14ClN3O2S2. The number of amides is 1. The summed E-state index contributed by atoms with van der Waals surface area (Å²) in [5, 5.41) is 3.19. The monoisotopic (exact) mass is 355 g/mol. The van der Waals surface area contributed by atoms with E-state index in [1.165, 1.54) is 7.11 Å². The van der Waals surface area contributed by atoms with Crippen LogP contribution in [0.25, 0.3) is 5.69 Å². The molecule has 0 bridgehead atoms. The maximum Gasteiger partial charge on any atom is 0.265 e. The predicted octanol–water partition coefficient (Wildman–Crippen LogP) is 3.43. The van der Waals surface area contributed by atoms with Crippen molar-refractivity contribution in [3.63, 3.8) is 0 Å². The Morgan fingerprint density at radius 3 is 3.00 bits per heavy atom. The molecule has 22 heavy (non-hydrogen) atoms. The number of nitrogens with zero attached hydrogens (tertiary/aromatic N) is 1. The van der Waals surface area contributed by atoms with E-state index < -0.39 is 0 Å². The number of carbonyl (C=O) groups excluding carboxylic acids is 1. The first kappa shape index (κ1) is 16.5. The summed E-state index contributed by atoms with van der Waals surface area (Å²) < 4.78 is 7.32. The Morgan fingerprint density at radius 1 is 1.64 bits per heavy atom. The minimum atomic E-state index is -0.298. The van der Waals surface area contributed by atoms with Gasteiger partial charge in [0.2, 0.25) is 0 Å². The lowest BCUT2D eigenvalue weighted by atomic mass is 10.3. The van der Waals surface area contributed by atoms with Crippen LogP contribution in [-0.2, 0) is 0 Å². The smallest absolute Gasteiger partial charge is 0.265 e. The molecule has 1 aromatic heterocycles. The maximum absolute atomic E-state index is 12.1. The van der Waals surface area contributed by atoms with Gasteiger partial charge in [-0.15, -0.1) is 6.58 Å². The third kappa shape index (κ3) is 3.16. The lowest BCUT2D eigenvalue weighted by Crippen LogP contribution is -2.23. The van der Waals surface area contributed by atoms with E-state index in [9.17, 15) is 4.79 Å². The summed E-state index contributed by atoms with van der Waals surface area (Å²) in [6.07, 6.45) is 1.59. The molecule has 0 aliphatic carbocycles. The van der Waals surface area contributed by atoms with Gasteiger partial charge in [-0.05, 0) is 30.4 Å². The van der Waals surface area contributed by atoms with E-state index in [0.717, 1.165) is 11.3 Å². The van der Waals surface area contributed by atoms with Crippen molar-refractivity contribution in [1.82, 2.24) is 9.88 Å². The predicted molar refractivity (Wildman–Crippen MR) is 93.0 cm³/mol. The van der Waals surface area contributed by atoms with Crippen LogP contribution in [-0.4, -0.2) is 24.1 Å². The average molecular weight is 356 g/mol. The zero-order valence-corrected chi connectivity index (χ0v) is 14.1. The summed E-state index contributed by atoms with van der Waals surface area (Å²) in [6.45, 7) is 3.90. The van der Waals surface area contributed by atoms with E-state index in [4.69, 9.17) is 34.3 Å². The largest absolute Gasteiger partial charge is 0.495 e. The van der Waals surface area contributed by atoms with Crippen LogP contribution in [0.1, 0.15) is 9.67 Å². The summed E-state index contributed by atoms with van der Waals surface area (Å²) in [4.78, 5) is 12.4. The van der Waals surface area contributed by atoms with Crippen LogP contribution in [0.15, 0.2) is 30.9 Å². The molecule has 0 saturated heterocycles. The number of benzene rings is 1. The summed E-state index contributed by atoms with van der Waals surface area (Å²) in [7, 11) is 1.54. The second-order valence-corrected chi connectivity index (χ2v) is 6.31. The number of anilines is 1. The molecule has 1 aromatic carbocycles. The van der Waals surface area contributed by atoms with Crippen LogP contribution >= 0.6 is 35.2 Å². The molecule has 0 spiro atoms. The average Bonchev–Trinajstić information content (AvgIpc) is 2.79. The second kappa shape index (κ2) is 6.95. The molecule has 0 saturated carbocycles. The quantitative estimate of drug-likeness (QED) is 0.637. The van der Waals surface area contributed by atoms with Gasteiger partial charge >= 0.3 is 0 Å². The Balaban J connectivity index is 2.56. The van der Waals surface area contributed by atoms with Crippen molar-refractivity contribution in [1.29, 1.82) is 0 Å². The lowest BCUT2D eigenvalue weighted by molar-refractivity contribution is 0.0962. The van der Waals surface area contributed by atoms with Crippen LogP contribution in [0, 0.1) is 3.95 Å². The number of ether oxygens (including phenoxy) is 1. The molecule has 2 rings (SSSR count). The first-order valence-electron chi connectivity index (χ1n) is 6.24. The molecule has 0 radical (unpaired) electrons. The molecule has 0 aliphatic heterocycles. The Morgan fingerprint density at radius 2 is 2.36 bits per heavy atom. The molecule has 3 N–H and O–H groups in total. The van der Waals surface area contributed by atoms with Gasteiger partial charge in [0.25, 0.3) is 5.91 Å². The van der Waals surface area contributed by atoms with Gasteiger partial charge in [0.05, 0.1) is 12.8 Å². The van der Waals surface area contributed by atoms with Crippen LogP contribution in [0.4, 0.5) is 5.82 Å². The third-order valence-electron chi connectivity index (χ3n) is 2.84. The van der Waals surface area contributed by atoms with E-state index in [1.807, 2.05) is 0 Å². The number of carbonyl (C=O) groups is 1. The standard InChI is InChI=1S/C14H14ClN3O2S2/c1-3-6-17-13(19)11-12(16)18(14(21)22-11)9-7-8(15)4-5-10(9)20-2/h3-5,7H,1,6,16H2,2H3,(H,17,19). The summed E-state index contributed by atoms with van der Waals surface area (Å²) >= 11 is 12.5. The Bertz CT molecular complexity index is 783. The first-order valence-corrected chi connectivity index (χ1v) is 7.84. The SMILES string of the molecule is C=CCNC(=O)c1sc(=S)n(-c2cc(Cl)ccc2OC)c1N. The second-order valence-electron chi connectivity index (χ2n) is 4.23. The molecule has 0 atom stereocenters. The minimum Gasteiger partial charge on any atom is -0.495 e. The molecule has 1 heterocycles. The zero-order chi connectivity index (χ0) is 16.3. The Labute approximate surface area is 142 Å². The van der Waals surface area contributed by atoms with Gasteiger partial charge in [-0.2, -0.15) is 0 Å². The Kier molecular flexibility index (Phi) is 5.23. The van der Waals surface area contributed by atoms with Crippen LogP contribution < -0.4 is 15.8 Å². The molecule has 116 valence electrons. The molecule has 1 amide bonds. The lowest BCUT2D eigenvalue weighted by Gasteiger charge is -2.11. The van der Waals surface area contributed by atoms with Crippen molar-refractivity contribution in [2.75, 3.05) is 19.4 Å². The fourth-order valence-corrected chi connectivity index (χ4v) is 3.30. The number of nitrogen functional groups attached to an aromatic ring is 1. The van der Waals surface area contributed by atoms with Crippen molar-refractivity contribution in [3.05, 3.63) is 44.7 Å². The molecule has 0 unspecified atom stereocenters. The molecule has 2 aromatic rings. The van der Waals surface area contributed by atoms with Gasteiger partial charge in [0, 0.05) is 11.6 Å². The molecular weight excluding hydrogens is 342 g/mol. The molecule has 0 aliphatic rings. The molecule has 8 heteroatoms. The maximum atomic E-state index is 12.1. The number of halogens is 1. The summed E-state index contributed by atoms with van der Waals surface area (Å²) in [6, 6.07) is 5.10. The number of rotatable bonds is 5. The van der Waals surface area contributed by atoms with Crippen LogP contribution in [0.3, 0.4) is 0 Å². The van der Waals surface area contributed by atoms with Gasteiger partial charge in [-0.1, -0.05) is 29.0 Å². The number of hydrogen-bond acceptors (Lipinski definition) is 5. The van der Waals surface area contributed by atoms with Crippen LogP contribution in [0.2, 0.25) is 5.02 Å². The van der Waals surface area contributed by atoms with Crippen LogP contribution in [0.5, 0.6) is 5.75 Å². The van der Waals surface area contributed by atoms with Gasteiger partial charge in [0.1, 0.15) is 16.4 Å². The fraction of sp³-hybridized carbons (Fsp3) is 0.143. The van der Waals surface area contributed by atoms with Gasteiger partial charge in [0.15, 0.2) is 3.95 Å². The van der Waals surface area contributed by atoms with Crippen molar-refractivity contribution < 1.29 is 9.53 Å². The number of aromatic nitrogens is 1. The van der Waals surface area contributed by atoms with E-state index in [0.29, 0.717) is 31.8 Å². The number of nitrogens with two attached hydrogens (primary N) is 1. The minimum absolute atomic E-state index is 0.247. The highest BCUT2D eigenvalue weighted by atomic mass is 35.5. The fourth-order valence-electron chi connectivity index (χ4n) is 1.86. The van der Waals surface area contributed by atoms with Crippen molar-refractivity contribution >= 4 is 46.9 Å². The number of nitrogens with one attached hydrogen (secondary N) is 1. The topological polar surface area (TPSA) is 69.3 Å². The van der Waals surface area contributed by atoms with Gasteiger partial charge in [-0.25, -0.2) is 0 Å². The summed E-state index contributed by atoms with van der Waals surface area (Å²) in [5.74, 6) is 0.508. The molecule has 5 nitrogen and oxygen atoms in total. The van der Waals surface area contributed by atoms with Crippen molar-refractivity contribution in [2.24, 2.45) is 0 Å². The highest BCUT2D eigenvalue weighted by molar-refractivity contribution is 7.73. The number of thiazole rings is 1. The van der Waals surface area contributed by atoms with Gasteiger partial charge in [-0.3, -0.25) is 9.36 Å². The highest BCUT2D eigenvalue weighted by Crippen LogP contribution is 2.33. The van der Waals surface area contributed by atoms with Crippen molar-refractivity contribution in [3.8, 4) is 11.4 Å². The highest BCUT2D eigenvalue weighted by Gasteiger charge is 2.19. The van der Waals surface area contributed by atoms with E-state index in [1.54, 1.807) is 28.8 Å². The first-order chi connectivity index (χ1) is 10.5. The number of hydrogen-bond donors (Lipinski definition) is 2. The van der Waals surface area contributed by atoms with E-state index >= 15 is 0 Å². The Hall–Kier alpha value is -1.83. The zero-order valence-electron chi connectivity index (χ0n) is 11.8. The molecule has 0 fully saturated rings.